The van der Waals surface area contributed by atoms with Gasteiger partial charge in [0.15, 0.2) is 6.61 Å². The Labute approximate surface area is 209 Å². The fourth-order valence-electron chi connectivity index (χ4n) is 4.14. The molecule has 3 aromatic carbocycles. The lowest BCUT2D eigenvalue weighted by molar-refractivity contribution is -0.142. The Balaban J connectivity index is 1.91. The molecular weight excluding hydrogens is 436 g/mol. The van der Waals surface area contributed by atoms with Crippen LogP contribution in [0.2, 0.25) is 0 Å². The van der Waals surface area contributed by atoms with Gasteiger partial charge in [-0.1, -0.05) is 67.6 Å². The Morgan fingerprint density at radius 3 is 2.23 bits per heavy atom. The van der Waals surface area contributed by atoms with E-state index >= 15 is 0 Å². The quantitative estimate of drug-likeness (QED) is 0.420. The van der Waals surface area contributed by atoms with Crippen LogP contribution in [0.3, 0.4) is 0 Å². The topological polar surface area (TPSA) is 58.6 Å². The summed E-state index contributed by atoms with van der Waals surface area (Å²) in [7, 11) is 0. The summed E-state index contributed by atoms with van der Waals surface area (Å²) in [6.07, 6.45) is 1.25. The van der Waals surface area contributed by atoms with Crippen LogP contribution in [-0.4, -0.2) is 35.9 Å². The van der Waals surface area contributed by atoms with Crippen LogP contribution in [-0.2, 0) is 22.6 Å². The minimum absolute atomic E-state index is 0.138. The number of nitrogens with zero attached hydrogens (tertiary/aromatic N) is 1. The molecule has 0 aliphatic carbocycles. The third kappa shape index (κ3) is 7.71. The summed E-state index contributed by atoms with van der Waals surface area (Å²) in [6.45, 7) is 8.80. The van der Waals surface area contributed by atoms with Crippen molar-refractivity contribution in [3.05, 3.63) is 101 Å². The van der Waals surface area contributed by atoms with Gasteiger partial charge >= 0.3 is 0 Å². The van der Waals surface area contributed by atoms with Crippen molar-refractivity contribution in [2.24, 2.45) is 0 Å². The standard InChI is InChI=1S/C30H36N2O3/c1-5-15-31-30(34)28(19-25-12-7-6-8-13-25)32(20-26-14-10-9-11-24(26)4)29(33)21-35-27-17-22(2)16-23(3)18-27/h6-14,16-18,28H,5,15,19-21H2,1-4H3,(H,31,34)/t28-/m1/s1. The van der Waals surface area contributed by atoms with Crippen LogP contribution in [0, 0.1) is 20.8 Å². The molecule has 0 aliphatic heterocycles. The van der Waals surface area contributed by atoms with E-state index in [2.05, 4.69) is 11.4 Å². The molecule has 1 N–H and O–H groups in total. The van der Waals surface area contributed by atoms with E-state index in [4.69, 9.17) is 4.74 Å². The first-order valence-corrected chi connectivity index (χ1v) is 12.2. The lowest BCUT2D eigenvalue weighted by Crippen LogP contribution is -2.51. The van der Waals surface area contributed by atoms with Crippen LogP contribution in [0.1, 0.15) is 41.2 Å². The molecular formula is C30H36N2O3. The van der Waals surface area contributed by atoms with E-state index < -0.39 is 6.04 Å². The highest BCUT2D eigenvalue weighted by molar-refractivity contribution is 5.88. The van der Waals surface area contributed by atoms with E-state index in [1.54, 1.807) is 4.90 Å². The summed E-state index contributed by atoms with van der Waals surface area (Å²) in [4.78, 5) is 28.6. The normalized spacial score (nSPS) is 11.5. The van der Waals surface area contributed by atoms with Gasteiger partial charge in [0.1, 0.15) is 11.8 Å². The third-order valence-electron chi connectivity index (χ3n) is 5.98. The van der Waals surface area contributed by atoms with E-state index in [9.17, 15) is 9.59 Å². The van der Waals surface area contributed by atoms with Gasteiger partial charge in [0, 0.05) is 19.5 Å². The average molecular weight is 473 g/mol. The molecule has 35 heavy (non-hydrogen) atoms. The van der Waals surface area contributed by atoms with E-state index in [0.717, 1.165) is 34.2 Å². The molecule has 2 amide bonds. The summed E-state index contributed by atoms with van der Waals surface area (Å²) in [5.74, 6) is 0.283. The molecule has 3 aromatic rings. The maximum absolute atomic E-state index is 13.6. The van der Waals surface area contributed by atoms with Gasteiger partial charge in [-0.2, -0.15) is 0 Å². The van der Waals surface area contributed by atoms with E-state index in [1.807, 2.05) is 94.4 Å². The maximum Gasteiger partial charge on any atom is 0.261 e. The molecule has 0 fully saturated rings. The first kappa shape index (κ1) is 26.0. The molecule has 1 atom stereocenters. The highest BCUT2D eigenvalue weighted by Gasteiger charge is 2.30. The molecule has 0 aromatic heterocycles. The monoisotopic (exact) mass is 472 g/mol. The van der Waals surface area contributed by atoms with Crippen LogP contribution >= 0.6 is 0 Å². The third-order valence-corrected chi connectivity index (χ3v) is 5.98. The number of hydrogen-bond acceptors (Lipinski definition) is 3. The minimum atomic E-state index is -0.654. The smallest absolute Gasteiger partial charge is 0.261 e. The fourth-order valence-corrected chi connectivity index (χ4v) is 4.14. The van der Waals surface area contributed by atoms with Gasteiger partial charge in [0.25, 0.3) is 5.91 Å². The zero-order chi connectivity index (χ0) is 25.2. The van der Waals surface area contributed by atoms with Gasteiger partial charge in [-0.25, -0.2) is 0 Å². The zero-order valence-corrected chi connectivity index (χ0v) is 21.2. The Morgan fingerprint density at radius 1 is 0.914 bits per heavy atom. The Bertz CT molecular complexity index is 1110. The molecule has 184 valence electrons. The molecule has 0 heterocycles. The fraction of sp³-hybridized carbons (Fsp3) is 0.333. The number of aryl methyl sites for hydroxylation is 3. The predicted octanol–water partition coefficient (Wildman–Crippen LogP) is 5.16. The van der Waals surface area contributed by atoms with Crippen molar-refractivity contribution in [2.45, 2.75) is 53.1 Å². The second kappa shape index (κ2) is 12.7. The van der Waals surface area contributed by atoms with E-state index in [-0.39, 0.29) is 18.4 Å². The summed E-state index contributed by atoms with van der Waals surface area (Å²) in [6, 6.07) is 23.0. The molecule has 5 heteroatoms. The van der Waals surface area contributed by atoms with Crippen molar-refractivity contribution < 1.29 is 14.3 Å². The SMILES string of the molecule is CCCNC(=O)[C@@H](Cc1ccccc1)N(Cc1ccccc1C)C(=O)COc1cc(C)cc(C)c1. The van der Waals surface area contributed by atoms with Gasteiger partial charge in [0.2, 0.25) is 5.91 Å². The summed E-state index contributed by atoms with van der Waals surface area (Å²) >= 11 is 0. The van der Waals surface area contributed by atoms with Gasteiger partial charge in [-0.15, -0.1) is 0 Å². The van der Waals surface area contributed by atoms with Gasteiger partial charge in [-0.3, -0.25) is 9.59 Å². The lowest BCUT2D eigenvalue weighted by atomic mass is 10.0. The average Bonchev–Trinajstić information content (AvgIpc) is 2.84. The number of ether oxygens (including phenoxy) is 1. The summed E-state index contributed by atoms with van der Waals surface area (Å²) in [5, 5.41) is 3.00. The number of benzene rings is 3. The Kier molecular flexibility index (Phi) is 9.47. The number of nitrogens with one attached hydrogen (secondary N) is 1. The number of amides is 2. The molecule has 3 rings (SSSR count). The van der Waals surface area contributed by atoms with Crippen molar-refractivity contribution >= 4 is 11.8 Å². The van der Waals surface area contributed by atoms with Crippen LogP contribution in [0.4, 0.5) is 0 Å². The molecule has 0 unspecified atom stereocenters. The summed E-state index contributed by atoms with van der Waals surface area (Å²) < 4.78 is 5.92. The highest BCUT2D eigenvalue weighted by Crippen LogP contribution is 2.19. The van der Waals surface area contributed by atoms with Crippen LogP contribution < -0.4 is 10.1 Å². The van der Waals surface area contributed by atoms with Gasteiger partial charge < -0.3 is 15.0 Å². The highest BCUT2D eigenvalue weighted by atomic mass is 16.5. The second-order valence-corrected chi connectivity index (χ2v) is 9.06. The van der Waals surface area contributed by atoms with Crippen LogP contribution in [0.25, 0.3) is 0 Å². The van der Waals surface area contributed by atoms with Crippen LogP contribution in [0.15, 0.2) is 72.8 Å². The van der Waals surface area contributed by atoms with Crippen LogP contribution in [0.5, 0.6) is 5.75 Å². The first-order valence-electron chi connectivity index (χ1n) is 12.2. The molecule has 0 spiro atoms. The van der Waals surface area contributed by atoms with Crippen molar-refractivity contribution in [2.75, 3.05) is 13.2 Å². The summed E-state index contributed by atoms with van der Waals surface area (Å²) in [5.41, 5.74) is 5.23. The lowest BCUT2D eigenvalue weighted by Gasteiger charge is -2.32. The largest absolute Gasteiger partial charge is 0.484 e. The molecule has 0 saturated heterocycles. The van der Waals surface area contributed by atoms with E-state index in [1.165, 1.54) is 0 Å². The van der Waals surface area contributed by atoms with Gasteiger partial charge in [0.05, 0.1) is 0 Å². The molecule has 0 radical (unpaired) electrons. The number of rotatable bonds is 11. The molecule has 0 bridgehead atoms. The molecule has 0 aliphatic rings. The minimum Gasteiger partial charge on any atom is -0.484 e. The second-order valence-electron chi connectivity index (χ2n) is 9.06. The predicted molar refractivity (Wildman–Crippen MR) is 140 cm³/mol. The number of carbonyl (C=O) groups excluding carboxylic acids is 2. The first-order chi connectivity index (χ1) is 16.9. The van der Waals surface area contributed by atoms with Crippen molar-refractivity contribution in [1.29, 1.82) is 0 Å². The maximum atomic E-state index is 13.6. The van der Waals surface area contributed by atoms with Crippen molar-refractivity contribution in [1.82, 2.24) is 10.2 Å². The number of hydrogen-bond donors (Lipinski definition) is 1. The van der Waals surface area contributed by atoms with Gasteiger partial charge in [-0.05, 0) is 67.1 Å². The van der Waals surface area contributed by atoms with E-state index in [0.29, 0.717) is 25.3 Å². The Hall–Kier alpha value is -3.60. The Morgan fingerprint density at radius 2 is 1.57 bits per heavy atom. The zero-order valence-electron chi connectivity index (χ0n) is 21.2. The number of carbonyl (C=O) groups is 2. The van der Waals surface area contributed by atoms with Crippen molar-refractivity contribution in [3.8, 4) is 5.75 Å². The van der Waals surface area contributed by atoms with Crippen molar-refractivity contribution in [3.63, 3.8) is 0 Å². The molecule has 5 nitrogen and oxygen atoms in total. The molecule has 0 saturated carbocycles.